The van der Waals surface area contributed by atoms with Gasteiger partial charge in [-0.15, -0.1) is 0 Å². The van der Waals surface area contributed by atoms with Crippen LogP contribution < -0.4 is 9.47 Å². The molecule has 1 aliphatic heterocycles. The van der Waals surface area contributed by atoms with Crippen LogP contribution in [0.4, 0.5) is 0 Å². The summed E-state index contributed by atoms with van der Waals surface area (Å²) < 4.78 is 17.6. The maximum Gasteiger partial charge on any atom is 0.289 e. The van der Waals surface area contributed by atoms with E-state index < -0.39 is 0 Å². The summed E-state index contributed by atoms with van der Waals surface area (Å²) in [4.78, 5) is 14.8. The molecule has 2 aromatic carbocycles. The number of amides is 1. The average molecular weight is 442 g/mol. The molecule has 28 heavy (non-hydrogen) atoms. The topological polar surface area (TPSA) is 51.9 Å². The Morgan fingerprint density at radius 3 is 2.36 bits per heavy atom. The number of nitrogens with zero attached hydrogens (tertiary/aromatic N) is 1. The highest BCUT2D eigenvalue weighted by Crippen LogP contribution is 2.34. The minimum absolute atomic E-state index is 0.108. The first-order chi connectivity index (χ1) is 13.6. The van der Waals surface area contributed by atoms with Crippen LogP contribution in [0, 0.1) is 0 Å². The molecule has 3 aromatic rings. The van der Waals surface area contributed by atoms with E-state index in [9.17, 15) is 4.79 Å². The molecule has 0 aliphatic carbocycles. The standard InChI is InChI=1S/C22H20BrNO4/c1-26-20-11-15-9-10-24(13-16(15)12-21(20)27-2)22(25)19-8-7-18(28-19)14-3-5-17(23)6-4-14/h3-8,11-12H,9-10,13H2,1-2H3. The van der Waals surface area contributed by atoms with E-state index in [1.165, 1.54) is 5.56 Å². The molecule has 5 nitrogen and oxygen atoms in total. The number of fused-ring (bicyclic) bond motifs is 1. The lowest BCUT2D eigenvalue weighted by atomic mass is 9.98. The number of furan rings is 1. The molecule has 0 spiro atoms. The second-order valence-electron chi connectivity index (χ2n) is 6.62. The van der Waals surface area contributed by atoms with Gasteiger partial charge in [-0.1, -0.05) is 28.1 Å². The van der Waals surface area contributed by atoms with E-state index in [0.29, 0.717) is 36.1 Å². The van der Waals surface area contributed by atoms with Crippen molar-refractivity contribution in [1.82, 2.24) is 4.90 Å². The lowest BCUT2D eigenvalue weighted by Gasteiger charge is -2.29. The zero-order valence-corrected chi connectivity index (χ0v) is 17.3. The van der Waals surface area contributed by atoms with Gasteiger partial charge in [-0.2, -0.15) is 0 Å². The predicted octanol–water partition coefficient (Wildman–Crippen LogP) is 4.92. The van der Waals surface area contributed by atoms with E-state index in [-0.39, 0.29) is 5.91 Å². The Balaban J connectivity index is 1.54. The van der Waals surface area contributed by atoms with Gasteiger partial charge in [0.1, 0.15) is 5.76 Å². The van der Waals surface area contributed by atoms with Crippen LogP contribution in [0.25, 0.3) is 11.3 Å². The lowest BCUT2D eigenvalue weighted by Crippen LogP contribution is -2.35. The van der Waals surface area contributed by atoms with E-state index in [1.54, 1.807) is 25.2 Å². The number of hydrogen-bond acceptors (Lipinski definition) is 4. The molecule has 0 unspecified atom stereocenters. The van der Waals surface area contributed by atoms with Gasteiger partial charge in [0.2, 0.25) is 0 Å². The molecule has 0 atom stereocenters. The molecular formula is C22H20BrNO4. The van der Waals surface area contributed by atoms with E-state index in [1.807, 2.05) is 42.5 Å². The summed E-state index contributed by atoms with van der Waals surface area (Å²) in [6.45, 7) is 1.15. The van der Waals surface area contributed by atoms with Crippen LogP contribution in [0.5, 0.6) is 11.5 Å². The van der Waals surface area contributed by atoms with Crippen molar-refractivity contribution in [3.8, 4) is 22.8 Å². The van der Waals surface area contributed by atoms with E-state index >= 15 is 0 Å². The third-order valence-electron chi connectivity index (χ3n) is 4.95. The van der Waals surface area contributed by atoms with Crippen molar-refractivity contribution in [2.24, 2.45) is 0 Å². The number of benzene rings is 2. The highest BCUT2D eigenvalue weighted by atomic mass is 79.9. The monoisotopic (exact) mass is 441 g/mol. The molecule has 4 rings (SSSR count). The molecule has 0 radical (unpaired) electrons. The first-order valence-corrected chi connectivity index (χ1v) is 9.77. The van der Waals surface area contributed by atoms with Crippen LogP contribution in [0.1, 0.15) is 21.7 Å². The summed E-state index contributed by atoms with van der Waals surface area (Å²) in [7, 11) is 3.24. The zero-order chi connectivity index (χ0) is 19.7. The van der Waals surface area contributed by atoms with Gasteiger partial charge < -0.3 is 18.8 Å². The Bertz CT molecular complexity index is 1010. The largest absolute Gasteiger partial charge is 0.493 e. The Morgan fingerprint density at radius 2 is 1.68 bits per heavy atom. The smallest absolute Gasteiger partial charge is 0.289 e. The van der Waals surface area contributed by atoms with Gasteiger partial charge in [0, 0.05) is 23.1 Å². The molecule has 1 aliphatic rings. The molecule has 144 valence electrons. The van der Waals surface area contributed by atoms with Crippen LogP contribution in [-0.4, -0.2) is 31.6 Å². The van der Waals surface area contributed by atoms with Crippen LogP contribution >= 0.6 is 15.9 Å². The van der Waals surface area contributed by atoms with Crippen molar-refractivity contribution in [2.75, 3.05) is 20.8 Å². The van der Waals surface area contributed by atoms with Gasteiger partial charge in [-0.05, 0) is 53.9 Å². The SMILES string of the molecule is COc1cc2c(cc1OC)CN(C(=O)c1ccc(-c3ccc(Br)cc3)o1)CC2. The van der Waals surface area contributed by atoms with Gasteiger partial charge in [0.05, 0.1) is 14.2 Å². The summed E-state index contributed by atoms with van der Waals surface area (Å²) >= 11 is 3.42. The highest BCUT2D eigenvalue weighted by molar-refractivity contribution is 9.10. The Labute approximate surface area is 172 Å². The van der Waals surface area contributed by atoms with Crippen molar-refractivity contribution in [3.63, 3.8) is 0 Å². The summed E-state index contributed by atoms with van der Waals surface area (Å²) in [5, 5.41) is 0. The van der Waals surface area contributed by atoms with Crippen LogP contribution in [0.15, 0.2) is 57.4 Å². The van der Waals surface area contributed by atoms with Gasteiger partial charge in [-0.25, -0.2) is 0 Å². The molecule has 0 N–H and O–H groups in total. The molecule has 0 fully saturated rings. The summed E-state index contributed by atoms with van der Waals surface area (Å²) in [5.41, 5.74) is 3.18. The maximum atomic E-state index is 13.0. The van der Waals surface area contributed by atoms with Crippen molar-refractivity contribution in [3.05, 3.63) is 69.9 Å². The fourth-order valence-corrected chi connectivity index (χ4v) is 3.70. The Kier molecular flexibility index (Phi) is 5.13. The number of ether oxygens (including phenoxy) is 2. The predicted molar refractivity (Wildman–Crippen MR) is 110 cm³/mol. The van der Waals surface area contributed by atoms with Gasteiger partial charge >= 0.3 is 0 Å². The lowest BCUT2D eigenvalue weighted by molar-refractivity contribution is 0.0703. The fraction of sp³-hybridized carbons (Fsp3) is 0.227. The summed E-state index contributed by atoms with van der Waals surface area (Å²) in [5.74, 6) is 2.31. The summed E-state index contributed by atoms with van der Waals surface area (Å²) in [6, 6.07) is 15.3. The van der Waals surface area contributed by atoms with Crippen LogP contribution in [0.3, 0.4) is 0 Å². The normalized spacial score (nSPS) is 13.2. The quantitative estimate of drug-likeness (QED) is 0.576. The molecule has 0 bridgehead atoms. The average Bonchev–Trinajstić information content (AvgIpc) is 3.22. The molecule has 0 saturated heterocycles. The Morgan fingerprint density at radius 1 is 1.00 bits per heavy atom. The number of rotatable bonds is 4. The number of carbonyl (C=O) groups is 1. The zero-order valence-electron chi connectivity index (χ0n) is 15.7. The minimum Gasteiger partial charge on any atom is -0.493 e. The molecule has 2 heterocycles. The maximum absolute atomic E-state index is 13.0. The number of methoxy groups -OCH3 is 2. The molecule has 6 heteroatoms. The van der Waals surface area contributed by atoms with Crippen molar-refractivity contribution in [1.29, 1.82) is 0 Å². The first-order valence-electron chi connectivity index (χ1n) is 8.98. The third-order valence-corrected chi connectivity index (χ3v) is 5.48. The van der Waals surface area contributed by atoms with Crippen LogP contribution in [-0.2, 0) is 13.0 Å². The van der Waals surface area contributed by atoms with Gasteiger partial charge in [0.25, 0.3) is 5.91 Å². The second kappa shape index (κ2) is 7.72. The van der Waals surface area contributed by atoms with E-state index in [0.717, 1.165) is 22.0 Å². The van der Waals surface area contributed by atoms with E-state index in [4.69, 9.17) is 13.9 Å². The number of hydrogen-bond donors (Lipinski definition) is 0. The summed E-state index contributed by atoms with van der Waals surface area (Å²) in [6.07, 6.45) is 0.766. The number of halogens is 1. The first kappa shape index (κ1) is 18.6. The van der Waals surface area contributed by atoms with Gasteiger partial charge in [-0.3, -0.25) is 4.79 Å². The molecule has 0 saturated carbocycles. The van der Waals surface area contributed by atoms with Crippen molar-refractivity contribution >= 4 is 21.8 Å². The van der Waals surface area contributed by atoms with Crippen molar-refractivity contribution < 1.29 is 18.7 Å². The van der Waals surface area contributed by atoms with Crippen LogP contribution in [0.2, 0.25) is 0 Å². The number of carbonyl (C=O) groups excluding carboxylic acids is 1. The minimum atomic E-state index is -0.108. The Hall–Kier alpha value is -2.73. The fourth-order valence-electron chi connectivity index (χ4n) is 3.43. The van der Waals surface area contributed by atoms with Crippen molar-refractivity contribution in [2.45, 2.75) is 13.0 Å². The second-order valence-corrected chi connectivity index (χ2v) is 7.54. The third kappa shape index (κ3) is 3.52. The molecule has 1 amide bonds. The van der Waals surface area contributed by atoms with E-state index in [2.05, 4.69) is 15.9 Å². The van der Waals surface area contributed by atoms with Gasteiger partial charge in [0.15, 0.2) is 17.3 Å². The molecular weight excluding hydrogens is 422 g/mol. The highest BCUT2D eigenvalue weighted by Gasteiger charge is 2.25. The molecule has 1 aromatic heterocycles.